The number of carbonyl (C=O) groups is 1. The molecule has 0 saturated heterocycles. The first-order valence-electron chi connectivity index (χ1n) is 6.37. The van der Waals surface area contributed by atoms with Gasteiger partial charge < -0.3 is 14.9 Å². The number of halogens is 1. The van der Waals surface area contributed by atoms with Crippen molar-refractivity contribution in [3.63, 3.8) is 0 Å². The minimum absolute atomic E-state index is 0.000137. The van der Waals surface area contributed by atoms with E-state index in [0.717, 1.165) is 0 Å². The molecular formula is C15H11ClN2O4. The van der Waals surface area contributed by atoms with E-state index >= 15 is 0 Å². The van der Waals surface area contributed by atoms with Gasteiger partial charge in [-0.25, -0.2) is 9.78 Å². The number of aromatic hydroxyl groups is 1. The lowest BCUT2D eigenvalue weighted by molar-refractivity contribution is 0.0693. The molecule has 0 spiro atoms. The number of aromatic carboxylic acids is 1. The maximum absolute atomic E-state index is 11.3. The minimum Gasteiger partial charge on any atom is -0.504 e. The number of benzene rings is 1. The number of carboxylic acid groups (broad SMARTS) is 1. The number of nitrogens with zero attached hydrogens (tertiary/aromatic N) is 2. The number of aromatic nitrogens is 2. The van der Waals surface area contributed by atoms with E-state index in [-0.39, 0.29) is 23.8 Å². The average Bonchev–Trinajstić information content (AvgIpc) is 2.87. The Kier molecular flexibility index (Phi) is 3.60. The summed E-state index contributed by atoms with van der Waals surface area (Å²) in [5.41, 5.74) is 0.175. The van der Waals surface area contributed by atoms with Gasteiger partial charge in [0, 0.05) is 6.20 Å². The molecule has 22 heavy (non-hydrogen) atoms. The van der Waals surface area contributed by atoms with E-state index in [2.05, 4.69) is 4.98 Å². The molecular weight excluding hydrogens is 308 g/mol. The molecule has 6 nitrogen and oxygen atoms in total. The third kappa shape index (κ3) is 2.44. The van der Waals surface area contributed by atoms with Crippen molar-refractivity contribution in [1.29, 1.82) is 0 Å². The summed E-state index contributed by atoms with van der Waals surface area (Å²) in [4.78, 5) is 15.4. The fourth-order valence-electron chi connectivity index (χ4n) is 2.13. The fraction of sp³-hybridized carbons (Fsp3) is 0.0667. The van der Waals surface area contributed by atoms with Gasteiger partial charge in [0.1, 0.15) is 6.61 Å². The lowest BCUT2D eigenvalue weighted by atomic mass is 10.3. The average molecular weight is 319 g/mol. The zero-order valence-electron chi connectivity index (χ0n) is 11.2. The van der Waals surface area contributed by atoms with Crippen molar-refractivity contribution in [3.8, 4) is 11.5 Å². The number of hydrogen-bond donors (Lipinski definition) is 2. The van der Waals surface area contributed by atoms with E-state index in [1.807, 2.05) is 0 Å². The molecule has 0 aliphatic rings. The number of carboxylic acids is 1. The maximum atomic E-state index is 11.3. The van der Waals surface area contributed by atoms with Crippen LogP contribution in [0.15, 0.2) is 42.6 Å². The summed E-state index contributed by atoms with van der Waals surface area (Å²) >= 11 is 6.06. The predicted octanol–water partition coefficient (Wildman–Crippen LogP) is 2.97. The Morgan fingerprint density at radius 1 is 1.27 bits per heavy atom. The Labute approximate surface area is 130 Å². The Balaban J connectivity index is 2.00. The highest BCUT2D eigenvalue weighted by molar-refractivity contribution is 6.34. The van der Waals surface area contributed by atoms with Crippen molar-refractivity contribution in [1.82, 2.24) is 9.38 Å². The first-order valence-corrected chi connectivity index (χ1v) is 6.75. The number of phenols is 1. The van der Waals surface area contributed by atoms with Crippen LogP contribution < -0.4 is 4.74 Å². The number of para-hydroxylation sites is 2. The summed E-state index contributed by atoms with van der Waals surface area (Å²) in [5.74, 6) is -0.504. The number of rotatable bonds is 4. The van der Waals surface area contributed by atoms with Gasteiger partial charge in [0.05, 0.1) is 10.5 Å². The van der Waals surface area contributed by atoms with E-state index in [1.165, 1.54) is 6.07 Å². The molecule has 3 rings (SSSR count). The quantitative estimate of drug-likeness (QED) is 0.772. The molecule has 0 atom stereocenters. The highest BCUT2D eigenvalue weighted by atomic mass is 35.5. The van der Waals surface area contributed by atoms with E-state index in [9.17, 15) is 15.0 Å². The third-order valence-electron chi connectivity index (χ3n) is 3.11. The Hall–Kier alpha value is -2.73. The Morgan fingerprint density at radius 2 is 2.05 bits per heavy atom. The molecule has 0 radical (unpaired) electrons. The van der Waals surface area contributed by atoms with Gasteiger partial charge in [0.15, 0.2) is 23.0 Å². The van der Waals surface area contributed by atoms with Crippen LogP contribution in [0.1, 0.15) is 16.3 Å². The Bertz CT molecular complexity index is 860. The monoisotopic (exact) mass is 318 g/mol. The summed E-state index contributed by atoms with van der Waals surface area (Å²) in [7, 11) is 0. The second-order valence-corrected chi connectivity index (χ2v) is 4.92. The lowest BCUT2D eigenvalue weighted by Gasteiger charge is -2.07. The number of hydrogen-bond acceptors (Lipinski definition) is 4. The third-order valence-corrected chi connectivity index (χ3v) is 3.42. The minimum atomic E-state index is -1.17. The van der Waals surface area contributed by atoms with Gasteiger partial charge in [-0.15, -0.1) is 0 Å². The Morgan fingerprint density at radius 3 is 2.77 bits per heavy atom. The number of imidazole rings is 1. The van der Waals surface area contributed by atoms with Gasteiger partial charge in [0.25, 0.3) is 0 Å². The van der Waals surface area contributed by atoms with Crippen molar-refractivity contribution >= 4 is 23.1 Å². The van der Waals surface area contributed by atoms with Crippen LogP contribution in [0.25, 0.3) is 5.52 Å². The highest BCUT2D eigenvalue weighted by Crippen LogP contribution is 2.27. The van der Waals surface area contributed by atoms with Crippen LogP contribution in [-0.2, 0) is 6.61 Å². The maximum Gasteiger partial charge on any atom is 0.356 e. The molecule has 3 aromatic rings. The second-order valence-electron chi connectivity index (χ2n) is 4.51. The van der Waals surface area contributed by atoms with Gasteiger partial charge in [-0.1, -0.05) is 23.7 Å². The van der Waals surface area contributed by atoms with Crippen LogP contribution in [0.3, 0.4) is 0 Å². The van der Waals surface area contributed by atoms with Crippen molar-refractivity contribution in [2.75, 3.05) is 0 Å². The van der Waals surface area contributed by atoms with Crippen molar-refractivity contribution in [2.45, 2.75) is 6.61 Å². The number of ether oxygens (including phenoxy) is 1. The highest BCUT2D eigenvalue weighted by Gasteiger charge is 2.19. The van der Waals surface area contributed by atoms with Crippen LogP contribution >= 0.6 is 11.6 Å². The van der Waals surface area contributed by atoms with Crippen LogP contribution in [0.5, 0.6) is 11.5 Å². The van der Waals surface area contributed by atoms with Crippen molar-refractivity contribution in [3.05, 3.63) is 59.1 Å². The van der Waals surface area contributed by atoms with E-state index in [1.54, 1.807) is 40.9 Å². The molecule has 0 amide bonds. The van der Waals surface area contributed by atoms with Crippen LogP contribution in [0, 0.1) is 0 Å². The number of fused-ring (bicyclic) bond motifs is 1. The van der Waals surface area contributed by atoms with Gasteiger partial charge in [-0.3, -0.25) is 4.40 Å². The van der Waals surface area contributed by atoms with E-state index < -0.39 is 5.97 Å². The first kappa shape index (κ1) is 14.2. The largest absolute Gasteiger partial charge is 0.504 e. The molecule has 7 heteroatoms. The van der Waals surface area contributed by atoms with Gasteiger partial charge in [-0.2, -0.15) is 0 Å². The van der Waals surface area contributed by atoms with E-state index in [4.69, 9.17) is 16.3 Å². The first-order chi connectivity index (χ1) is 10.6. The molecule has 0 bridgehead atoms. The van der Waals surface area contributed by atoms with Crippen LogP contribution in [0.4, 0.5) is 0 Å². The summed E-state index contributed by atoms with van der Waals surface area (Å²) in [6, 6.07) is 9.78. The summed E-state index contributed by atoms with van der Waals surface area (Å²) in [6.07, 6.45) is 1.66. The number of phenolic OH excluding ortho intramolecular Hbond substituents is 1. The molecule has 2 N–H and O–H groups in total. The summed E-state index contributed by atoms with van der Waals surface area (Å²) < 4.78 is 7.06. The standard InChI is InChI=1S/C15H11ClN2O4/c16-9-4-3-7-18-12(17-13(14(9)18)15(20)21)8-22-11-6-2-1-5-10(11)19/h1-7,19H,8H2,(H,20,21). The molecule has 2 aromatic heterocycles. The molecule has 0 saturated carbocycles. The zero-order chi connectivity index (χ0) is 15.7. The fourth-order valence-corrected chi connectivity index (χ4v) is 2.39. The zero-order valence-corrected chi connectivity index (χ0v) is 12.0. The van der Waals surface area contributed by atoms with Crippen molar-refractivity contribution in [2.24, 2.45) is 0 Å². The molecule has 0 unspecified atom stereocenters. The smallest absolute Gasteiger partial charge is 0.356 e. The van der Waals surface area contributed by atoms with Crippen molar-refractivity contribution < 1.29 is 19.7 Å². The topological polar surface area (TPSA) is 84.1 Å². The molecule has 1 aromatic carbocycles. The molecule has 2 heterocycles. The number of pyridine rings is 1. The van der Waals surface area contributed by atoms with Crippen LogP contribution in [0.2, 0.25) is 5.02 Å². The normalized spacial score (nSPS) is 10.8. The molecule has 112 valence electrons. The van der Waals surface area contributed by atoms with Gasteiger partial charge in [-0.05, 0) is 24.3 Å². The molecule has 0 aliphatic heterocycles. The van der Waals surface area contributed by atoms with Crippen LogP contribution in [-0.4, -0.2) is 25.6 Å². The summed E-state index contributed by atoms with van der Waals surface area (Å²) in [6.45, 7) is -0.00758. The lowest BCUT2D eigenvalue weighted by Crippen LogP contribution is -2.01. The van der Waals surface area contributed by atoms with Gasteiger partial charge >= 0.3 is 5.97 Å². The van der Waals surface area contributed by atoms with Gasteiger partial charge in [0.2, 0.25) is 0 Å². The molecule has 0 aliphatic carbocycles. The second kappa shape index (κ2) is 5.57. The predicted molar refractivity (Wildman–Crippen MR) is 79.6 cm³/mol. The SMILES string of the molecule is O=C(O)c1nc(COc2ccccc2O)n2cccc(Cl)c12. The molecule has 0 fully saturated rings. The van der Waals surface area contributed by atoms with E-state index in [0.29, 0.717) is 16.4 Å². The summed E-state index contributed by atoms with van der Waals surface area (Å²) in [5, 5.41) is 19.2.